The zero-order chi connectivity index (χ0) is 23.8. The van der Waals surface area contributed by atoms with Crippen LogP contribution in [-0.4, -0.2) is 13.8 Å². The Labute approximate surface area is 207 Å². The molecule has 5 aromatic carbocycles. The fourth-order valence-electron chi connectivity index (χ4n) is 5.99. The third kappa shape index (κ3) is 2.38. The number of benzene rings is 5. The lowest BCUT2D eigenvalue weighted by atomic mass is 10.1. The van der Waals surface area contributed by atoms with Gasteiger partial charge < -0.3 is 15.0 Å². The molecule has 0 saturated heterocycles. The van der Waals surface area contributed by atoms with Gasteiger partial charge in [0.25, 0.3) is 0 Å². The molecule has 0 aliphatic rings. The third-order valence-corrected chi connectivity index (χ3v) is 7.43. The summed E-state index contributed by atoms with van der Waals surface area (Å²) in [6, 6.07) is 42.8. The third-order valence-electron chi connectivity index (χ3n) is 7.43. The van der Waals surface area contributed by atoms with Crippen molar-refractivity contribution in [2.75, 3.05) is 5.84 Å². The molecule has 0 amide bonds. The van der Waals surface area contributed by atoms with Crippen LogP contribution in [0.5, 0.6) is 0 Å². The molecule has 0 radical (unpaired) electrons. The van der Waals surface area contributed by atoms with Crippen LogP contribution in [0.2, 0.25) is 0 Å². The van der Waals surface area contributed by atoms with Crippen LogP contribution >= 0.6 is 0 Å². The molecule has 3 aromatic heterocycles. The summed E-state index contributed by atoms with van der Waals surface area (Å²) in [5, 5.41) is 4.70. The summed E-state index contributed by atoms with van der Waals surface area (Å²) in [6.45, 7) is 0. The molecule has 0 aliphatic carbocycles. The molecule has 36 heavy (non-hydrogen) atoms. The Morgan fingerprint density at radius 2 is 0.944 bits per heavy atom. The molecule has 4 nitrogen and oxygen atoms in total. The van der Waals surface area contributed by atoms with Crippen LogP contribution in [0.1, 0.15) is 0 Å². The molecule has 0 bridgehead atoms. The van der Waals surface area contributed by atoms with E-state index in [1.165, 1.54) is 27.3 Å². The minimum absolute atomic E-state index is 1.03. The second kappa shape index (κ2) is 7.03. The average molecular weight is 463 g/mol. The Balaban J connectivity index is 1.73. The molecule has 0 atom stereocenters. The minimum Gasteiger partial charge on any atom is -0.339 e. The Hall–Kier alpha value is -4.96. The first-order valence-corrected chi connectivity index (χ1v) is 12.2. The van der Waals surface area contributed by atoms with E-state index in [1.807, 2.05) is 10.7 Å². The predicted molar refractivity (Wildman–Crippen MR) is 151 cm³/mol. The van der Waals surface area contributed by atoms with Gasteiger partial charge in [0.05, 0.1) is 38.5 Å². The molecule has 8 rings (SSSR count). The van der Waals surface area contributed by atoms with Crippen molar-refractivity contribution in [2.24, 2.45) is 0 Å². The Morgan fingerprint density at radius 3 is 1.64 bits per heavy atom. The number of aromatic nitrogens is 3. The van der Waals surface area contributed by atoms with E-state index >= 15 is 0 Å². The van der Waals surface area contributed by atoms with Gasteiger partial charge in [-0.25, -0.2) is 0 Å². The number of para-hydroxylation sites is 4. The van der Waals surface area contributed by atoms with Gasteiger partial charge in [0, 0.05) is 27.5 Å². The maximum atomic E-state index is 6.86. The molecule has 2 N–H and O–H groups in total. The molecule has 4 heteroatoms. The number of nitrogen functional groups attached to an aromatic ring is 1. The molecule has 0 unspecified atom stereocenters. The van der Waals surface area contributed by atoms with Crippen LogP contribution in [0.3, 0.4) is 0 Å². The number of hydrogen-bond acceptors (Lipinski definition) is 1. The summed E-state index contributed by atoms with van der Waals surface area (Å²) in [6.07, 6.45) is 0. The molecular formula is C32H22N4. The van der Waals surface area contributed by atoms with Crippen molar-refractivity contribution in [2.45, 2.75) is 0 Å². The number of nitrogens with two attached hydrogens (primary N) is 1. The minimum atomic E-state index is 1.03. The molecule has 0 fully saturated rings. The van der Waals surface area contributed by atoms with E-state index in [-0.39, 0.29) is 0 Å². The smallest absolute Gasteiger partial charge is 0.0826 e. The SMILES string of the molecule is Nn1c2ccccc2c2ccc3c(c21)c1c(c2ccccc2n1-c1ccccc1)n3-c1ccccc1. The number of fused-ring (bicyclic) bond motifs is 9. The first-order valence-electron chi connectivity index (χ1n) is 12.2. The van der Waals surface area contributed by atoms with Gasteiger partial charge in [-0.3, -0.25) is 4.68 Å². The van der Waals surface area contributed by atoms with Crippen LogP contribution in [0.25, 0.3) is 66.0 Å². The highest BCUT2D eigenvalue weighted by Crippen LogP contribution is 2.44. The summed E-state index contributed by atoms with van der Waals surface area (Å²) in [7, 11) is 0. The molecule has 8 aromatic rings. The summed E-state index contributed by atoms with van der Waals surface area (Å²) in [4.78, 5) is 0. The van der Waals surface area contributed by atoms with Gasteiger partial charge in [0.2, 0.25) is 0 Å². The molecule has 0 spiro atoms. The van der Waals surface area contributed by atoms with Crippen molar-refractivity contribution in [1.82, 2.24) is 13.8 Å². The van der Waals surface area contributed by atoms with Crippen LogP contribution in [0, 0.1) is 0 Å². The molecular weight excluding hydrogens is 440 g/mol. The van der Waals surface area contributed by atoms with E-state index in [4.69, 9.17) is 5.84 Å². The standard InChI is InChI=1S/C32H22N4/c33-36-27-18-10-7-15-23(27)24-19-20-28-29(30(24)36)32-31(35(28)22-13-5-2-6-14-22)25-16-8-9-17-26(25)34(32)21-11-3-1-4-12-21/h1-20H,33H2. The van der Waals surface area contributed by atoms with E-state index in [0.29, 0.717) is 0 Å². The summed E-state index contributed by atoms with van der Waals surface area (Å²) >= 11 is 0. The normalized spacial score (nSPS) is 12.0. The fraction of sp³-hybridized carbons (Fsp3) is 0. The second-order valence-corrected chi connectivity index (χ2v) is 9.30. The maximum Gasteiger partial charge on any atom is 0.0826 e. The van der Waals surface area contributed by atoms with Crippen molar-refractivity contribution in [1.29, 1.82) is 0 Å². The van der Waals surface area contributed by atoms with Crippen LogP contribution in [0.15, 0.2) is 121 Å². The second-order valence-electron chi connectivity index (χ2n) is 9.30. The van der Waals surface area contributed by atoms with E-state index in [2.05, 4.69) is 124 Å². The van der Waals surface area contributed by atoms with Gasteiger partial charge in [-0.1, -0.05) is 72.8 Å². The van der Waals surface area contributed by atoms with Gasteiger partial charge >= 0.3 is 0 Å². The average Bonchev–Trinajstić information content (AvgIpc) is 3.55. The largest absolute Gasteiger partial charge is 0.339 e. The van der Waals surface area contributed by atoms with E-state index in [9.17, 15) is 0 Å². The van der Waals surface area contributed by atoms with Crippen molar-refractivity contribution in [3.63, 3.8) is 0 Å². The first kappa shape index (κ1) is 19.4. The lowest BCUT2D eigenvalue weighted by molar-refractivity contribution is 1.12. The van der Waals surface area contributed by atoms with Gasteiger partial charge in [-0.05, 0) is 48.5 Å². The summed E-state index contributed by atoms with van der Waals surface area (Å²) < 4.78 is 6.65. The highest BCUT2D eigenvalue weighted by atomic mass is 15.3. The van der Waals surface area contributed by atoms with E-state index in [1.54, 1.807) is 0 Å². The van der Waals surface area contributed by atoms with Crippen molar-refractivity contribution >= 4 is 54.6 Å². The highest BCUT2D eigenvalue weighted by Gasteiger charge is 2.25. The Morgan fingerprint density at radius 1 is 0.389 bits per heavy atom. The topological polar surface area (TPSA) is 40.8 Å². The van der Waals surface area contributed by atoms with Crippen molar-refractivity contribution < 1.29 is 0 Å². The van der Waals surface area contributed by atoms with Crippen LogP contribution in [-0.2, 0) is 0 Å². The quantitative estimate of drug-likeness (QED) is 0.265. The van der Waals surface area contributed by atoms with Crippen molar-refractivity contribution in [3.05, 3.63) is 121 Å². The lowest BCUT2D eigenvalue weighted by Gasteiger charge is -2.10. The van der Waals surface area contributed by atoms with Gasteiger partial charge in [0.1, 0.15) is 0 Å². The predicted octanol–water partition coefficient (Wildman–Crippen LogP) is 7.55. The Kier molecular flexibility index (Phi) is 3.78. The maximum absolute atomic E-state index is 6.86. The number of nitrogens with zero attached hydrogens (tertiary/aromatic N) is 3. The lowest BCUT2D eigenvalue weighted by Crippen LogP contribution is -2.07. The Bertz CT molecular complexity index is 2050. The van der Waals surface area contributed by atoms with Gasteiger partial charge in [-0.15, -0.1) is 0 Å². The summed E-state index contributed by atoms with van der Waals surface area (Å²) in [5.74, 6) is 6.86. The number of hydrogen-bond donors (Lipinski definition) is 1. The van der Waals surface area contributed by atoms with Crippen LogP contribution < -0.4 is 5.84 Å². The molecule has 170 valence electrons. The van der Waals surface area contributed by atoms with Crippen LogP contribution in [0.4, 0.5) is 0 Å². The zero-order valence-electron chi connectivity index (χ0n) is 19.5. The van der Waals surface area contributed by atoms with Crippen molar-refractivity contribution in [3.8, 4) is 11.4 Å². The first-order chi connectivity index (χ1) is 17.8. The van der Waals surface area contributed by atoms with Gasteiger partial charge in [0.15, 0.2) is 0 Å². The molecule has 0 saturated carbocycles. The summed E-state index contributed by atoms with van der Waals surface area (Å²) in [5.41, 5.74) is 9.02. The number of rotatable bonds is 2. The van der Waals surface area contributed by atoms with E-state index in [0.717, 1.165) is 38.7 Å². The molecule has 0 aliphatic heterocycles. The fourth-order valence-corrected chi connectivity index (χ4v) is 5.99. The van der Waals surface area contributed by atoms with E-state index < -0.39 is 0 Å². The molecule has 3 heterocycles. The highest BCUT2D eigenvalue weighted by molar-refractivity contribution is 6.29. The van der Waals surface area contributed by atoms with Gasteiger partial charge in [-0.2, -0.15) is 0 Å². The monoisotopic (exact) mass is 462 g/mol. The zero-order valence-corrected chi connectivity index (χ0v) is 19.5.